The fraction of sp³-hybridized carbons (Fsp3) is 0.529. The van der Waals surface area contributed by atoms with Gasteiger partial charge in [0.15, 0.2) is 0 Å². The van der Waals surface area contributed by atoms with Crippen LogP contribution >= 0.6 is 15.9 Å². The van der Waals surface area contributed by atoms with E-state index in [-0.39, 0.29) is 5.91 Å². The Kier molecular flexibility index (Phi) is 5.05. The number of carbonyl (C=O) groups is 1. The third-order valence-corrected chi connectivity index (χ3v) is 5.47. The van der Waals surface area contributed by atoms with Crippen LogP contribution in [0.25, 0.3) is 0 Å². The van der Waals surface area contributed by atoms with Crippen LogP contribution in [0.1, 0.15) is 54.9 Å². The maximum absolute atomic E-state index is 12.5. The molecule has 21 heavy (non-hydrogen) atoms. The lowest BCUT2D eigenvalue weighted by molar-refractivity contribution is 0.0890. The zero-order chi connectivity index (χ0) is 15.5. The van der Waals surface area contributed by atoms with Crippen LogP contribution in [0.4, 0.5) is 0 Å². The Morgan fingerprint density at radius 1 is 1.48 bits per heavy atom. The largest absolute Gasteiger partial charge is 0.334 e. The lowest BCUT2D eigenvalue weighted by Gasteiger charge is -2.35. The maximum atomic E-state index is 12.5. The predicted octanol–water partition coefficient (Wildman–Crippen LogP) is 4.35. The van der Waals surface area contributed by atoms with E-state index in [1.165, 1.54) is 0 Å². The predicted molar refractivity (Wildman–Crippen MR) is 86.9 cm³/mol. The lowest BCUT2D eigenvalue weighted by atomic mass is 9.76. The number of hydrogen-bond donors (Lipinski definition) is 1. The Morgan fingerprint density at radius 2 is 2.14 bits per heavy atom. The molecule has 3 nitrogen and oxygen atoms in total. The van der Waals surface area contributed by atoms with Crippen LogP contribution in [0.5, 0.6) is 0 Å². The number of amides is 1. The number of carbonyl (C=O) groups excluding carboxylic acids is 1. The van der Waals surface area contributed by atoms with Crippen LogP contribution in [0.2, 0.25) is 0 Å². The zero-order valence-electron chi connectivity index (χ0n) is 12.6. The molecule has 0 aliphatic heterocycles. The Bertz CT molecular complexity index is 569. The van der Waals surface area contributed by atoms with Crippen molar-refractivity contribution < 1.29 is 4.79 Å². The molecule has 1 N–H and O–H groups in total. The van der Waals surface area contributed by atoms with Crippen molar-refractivity contribution in [2.75, 3.05) is 0 Å². The van der Waals surface area contributed by atoms with Gasteiger partial charge in [-0.25, -0.2) is 0 Å². The topological polar surface area (TPSA) is 52.9 Å². The summed E-state index contributed by atoms with van der Waals surface area (Å²) < 4.78 is 0.913. The van der Waals surface area contributed by atoms with Gasteiger partial charge >= 0.3 is 0 Å². The van der Waals surface area contributed by atoms with Gasteiger partial charge in [-0.1, -0.05) is 35.3 Å². The molecule has 1 aromatic rings. The number of rotatable bonds is 3. The lowest BCUT2D eigenvalue weighted by Crippen LogP contribution is -2.49. The van der Waals surface area contributed by atoms with E-state index in [0.717, 1.165) is 42.1 Å². The van der Waals surface area contributed by atoms with Crippen molar-refractivity contribution in [2.24, 2.45) is 5.92 Å². The molecule has 1 aromatic carbocycles. The van der Waals surface area contributed by atoms with Crippen LogP contribution < -0.4 is 5.32 Å². The standard InChI is InChI=1S/C17H21BrN2O/c1-3-13-7-9-17(11-19,10-8-13)20-16(21)14-5-4-6-15(18)12(14)2/h4-6,13H,3,7-10H2,1-2H3,(H,20,21). The average molecular weight is 349 g/mol. The van der Waals surface area contributed by atoms with Gasteiger partial charge < -0.3 is 5.32 Å². The van der Waals surface area contributed by atoms with E-state index < -0.39 is 5.54 Å². The summed E-state index contributed by atoms with van der Waals surface area (Å²) in [6, 6.07) is 7.92. The molecule has 112 valence electrons. The second kappa shape index (κ2) is 6.62. The smallest absolute Gasteiger partial charge is 0.252 e. The van der Waals surface area contributed by atoms with Crippen LogP contribution in [0.3, 0.4) is 0 Å². The minimum atomic E-state index is -0.697. The van der Waals surface area contributed by atoms with Gasteiger partial charge in [-0.3, -0.25) is 4.79 Å². The number of nitrogens with one attached hydrogen (secondary N) is 1. The molecule has 0 unspecified atom stereocenters. The van der Waals surface area contributed by atoms with E-state index in [4.69, 9.17) is 0 Å². The summed E-state index contributed by atoms with van der Waals surface area (Å²) in [5.41, 5.74) is 0.847. The Labute approximate surface area is 134 Å². The Balaban J connectivity index is 2.14. The van der Waals surface area contributed by atoms with Gasteiger partial charge in [0.05, 0.1) is 6.07 Å². The monoisotopic (exact) mass is 348 g/mol. The van der Waals surface area contributed by atoms with Crippen LogP contribution in [-0.2, 0) is 0 Å². The average Bonchev–Trinajstić information content (AvgIpc) is 2.50. The highest BCUT2D eigenvalue weighted by molar-refractivity contribution is 9.10. The van der Waals surface area contributed by atoms with E-state index in [0.29, 0.717) is 11.5 Å². The van der Waals surface area contributed by atoms with Gasteiger partial charge in [0, 0.05) is 10.0 Å². The van der Waals surface area contributed by atoms with E-state index in [2.05, 4.69) is 34.2 Å². The molecule has 0 heterocycles. The SMILES string of the molecule is CCC1CCC(C#N)(NC(=O)c2cccc(Br)c2C)CC1. The minimum absolute atomic E-state index is 0.148. The van der Waals surface area contributed by atoms with Crippen molar-refractivity contribution in [2.45, 2.75) is 51.5 Å². The summed E-state index contributed by atoms with van der Waals surface area (Å²) >= 11 is 3.44. The second-order valence-electron chi connectivity index (χ2n) is 5.91. The molecule has 4 heteroatoms. The van der Waals surface area contributed by atoms with E-state index in [1.54, 1.807) is 6.07 Å². The molecule has 0 radical (unpaired) electrons. The van der Waals surface area contributed by atoms with Gasteiger partial charge in [-0.2, -0.15) is 5.26 Å². The number of nitrogens with zero attached hydrogens (tertiary/aromatic N) is 1. The molecule has 1 fully saturated rings. The third kappa shape index (κ3) is 3.47. The number of halogens is 1. The summed E-state index contributed by atoms with van der Waals surface area (Å²) in [6.45, 7) is 4.10. The minimum Gasteiger partial charge on any atom is -0.334 e. The molecular formula is C17H21BrN2O. The molecule has 1 aliphatic carbocycles. The first kappa shape index (κ1) is 16.0. The summed E-state index contributed by atoms with van der Waals surface area (Å²) in [5, 5.41) is 12.5. The highest BCUT2D eigenvalue weighted by Crippen LogP contribution is 2.33. The summed E-state index contributed by atoms with van der Waals surface area (Å²) in [7, 11) is 0. The van der Waals surface area contributed by atoms with Crippen molar-refractivity contribution in [1.82, 2.24) is 5.32 Å². The fourth-order valence-electron chi connectivity index (χ4n) is 2.98. The van der Waals surface area contributed by atoms with Crippen molar-refractivity contribution in [3.63, 3.8) is 0 Å². The van der Waals surface area contributed by atoms with E-state index in [1.807, 2.05) is 19.1 Å². The molecular weight excluding hydrogens is 328 g/mol. The number of hydrogen-bond acceptors (Lipinski definition) is 2. The van der Waals surface area contributed by atoms with Gasteiger partial charge in [-0.05, 0) is 56.2 Å². The van der Waals surface area contributed by atoms with Crippen molar-refractivity contribution in [3.8, 4) is 6.07 Å². The summed E-state index contributed by atoms with van der Waals surface area (Å²) in [6.07, 6.45) is 4.69. The highest BCUT2D eigenvalue weighted by atomic mass is 79.9. The molecule has 0 aromatic heterocycles. The first-order chi connectivity index (χ1) is 10.0. The molecule has 1 saturated carbocycles. The number of benzene rings is 1. The molecule has 2 rings (SSSR count). The fourth-order valence-corrected chi connectivity index (χ4v) is 3.35. The maximum Gasteiger partial charge on any atom is 0.252 e. The third-order valence-electron chi connectivity index (χ3n) is 4.62. The van der Waals surface area contributed by atoms with Gasteiger partial charge in [0.1, 0.15) is 5.54 Å². The Morgan fingerprint density at radius 3 is 2.71 bits per heavy atom. The first-order valence-corrected chi connectivity index (χ1v) is 8.29. The zero-order valence-corrected chi connectivity index (χ0v) is 14.2. The van der Waals surface area contributed by atoms with E-state index in [9.17, 15) is 10.1 Å². The molecule has 0 saturated heterocycles. The normalized spacial score (nSPS) is 25.1. The van der Waals surface area contributed by atoms with E-state index >= 15 is 0 Å². The Hall–Kier alpha value is -1.34. The van der Waals surface area contributed by atoms with Gasteiger partial charge in [0.2, 0.25) is 0 Å². The van der Waals surface area contributed by atoms with Gasteiger partial charge in [-0.15, -0.1) is 0 Å². The van der Waals surface area contributed by atoms with Crippen LogP contribution in [0, 0.1) is 24.2 Å². The first-order valence-electron chi connectivity index (χ1n) is 7.50. The van der Waals surface area contributed by atoms with Crippen molar-refractivity contribution >= 4 is 21.8 Å². The van der Waals surface area contributed by atoms with Crippen LogP contribution in [0.15, 0.2) is 22.7 Å². The molecule has 1 aliphatic rings. The summed E-state index contributed by atoms with van der Waals surface area (Å²) in [4.78, 5) is 12.5. The molecule has 0 bridgehead atoms. The molecule has 0 spiro atoms. The van der Waals surface area contributed by atoms with Crippen molar-refractivity contribution in [1.29, 1.82) is 5.26 Å². The van der Waals surface area contributed by atoms with Crippen LogP contribution in [-0.4, -0.2) is 11.4 Å². The molecule has 1 amide bonds. The highest BCUT2D eigenvalue weighted by Gasteiger charge is 2.36. The second-order valence-corrected chi connectivity index (χ2v) is 6.77. The van der Waals surface area contributed by atoms with Crippen molar-refractivity contribution in [3.05, 3.63) is 33.8 Å². The molecule has 0 atom stereocenters. The quantitative estimate of drug-likeness (QED) is 0.882. The summed E-state index contributed by atoms with van der Waals surface area (Å²) in [5.74, 6) is 0.543. The van der Waals surface area contributed by atoms with Gasteiger partial charge in [0.25, 0.3) is 5.91 Å². The number of nitriles is 1.